The number of nitrogens with one attached hydrogen (secondary N) is 1. The lowest BCUT2D eigenvalue weighted by Gasteiger charge is -2.37. The first-order valence-electron chi connectivity index (χ1n) is 9.50. The highest BCUT2D eigenvalue weighted by Crippen LogP contribution is 2.34. The fourth-order valence-electron chi connectivity index (χ4n) is 3.21. The van der Waals surface area contributed by atoms with Crippen molar-refractivity contribution in [1.29, 1.82) is 0 Å². The van der Waals surface area contributed by atoms with E-state index >= 15 is 0 Å². The predicted octanol–water partition coefficient (Wildman–Crippen LogP) is 3.57. The highest BCUT2D eigenvalue weighted by molar-refractivity contribution is 5.69. The van der Waals surface area contributed by atoms with Gasteiger partial charge in [-0.05, 0) is 38.8 Å². The van der Waals surface area contributed by atoms with Crippen molar-refractivity contribution in [2.45, 2.75) is 46.3 Å². The highest BCUT2D eigenvalue weighted by Gasteiger charge is 2.27. The summed E-state index contributed by atoms with van der Waals surface area (Å²) >= 11 is 0. The van der Waals surface area contributed by atoms with Crippen molar-refractivity contribution in [3.8, 4) is 5.75 Å². The summed E-state index contributed by atoms with van der Waals surface area (Å²) in [6.07, 6.45) is -0.0309. The number of benzene rings is 1. The number of ether oxygens (including phenoxy) is 2. The van der Waals surface area contributed by atoms with Gasteiger partial charge in [0.25, 0.3) is 0 Å². The van der Waals surface area contributed by atoms with Gasteiger partial charge >= 0.3 is 6.09 Å². The zero-order valence-corrected chi connectivity index (χ0v) is 16.5. The summed E-state index contributed by atoms with van der Waals surface area (Å²) in [5, 5.41) is 3.45. The fourth-order valence-corrected chi connectivity index (χ4v) is 3.21. The van der Waals surface area contributed by atoms with Gasteiger partial charge in [-0.2, -0.15) is 0 Å². The first-order valence-corrected chi connectivity index (χ1v) is 9.50. The smallest absolute Gasteiger partial charge is 0.410 e. The molecule has 0 saturated carbocycles. The van der Waals surface area contributed by atoms with Gasteiger partial charge in [0.15, 0.2) is 0 Å². The molecule has 2 heterocycles. The number of fused-ring (bicyclic) bond motifs is 1. The van der Waals surface area contributed by atoms with Crippen LogP contribution < -0.4 is 15.0 Å². The molecule has 1 fully saturated rings. The van der Waals surface area contributed by atoms with Gasteiger partial charge in [0.2, 0.25) is 0 Å². The van der Waals surface area contributed by atoms with Gasteiger partial charge in [-0.1, -0.05) is 13.8 Å². The van der Waals surface area contributed by atoms with Gasteiger partial charge in [-0.25, -0.2) is 4.79 Å². The van der Waals surface area contributed by atoms with Gasteiger partial charge in [0.1, 0.15) is 17.5 Å². The molecule has 1 unspecified atom stereocenters. The third-order valence-electron chi connectivity index (χ3n) is 4.78. The monoisotopic (exact) mass is 361 g/mol. The van der Waals surface area contributed by atoms with Crippen LogP contribution in [-0.2, 0) is 4.74 Å². The Morgan fingerprint density at radius 2 is 1.92 bits per heavy atom. The van der Waals surface area contributed by atoms with Gasteiger partial charge < -0.3 is 24.6 Å². The van der Waals surface area contributed by atoms with E-state index in [9.17, 15) is 4.79 Å². The minimum Gasteiger partial charge on any atom is -0.486 e. The van der Waals surface area contributed by atoms with Crippen LogP contribution in [0.1, 0.15) is 34.6 Å². The van der Waals surface area contributed by atoms with Crippen molar-refractivity contribution in [3.63, 3.8) is 0 Å². The van der Waals surface area contributed by atoms with Crippen LogP contribution in [0.15, 0.2) is 18.2 Å². The highest BCUT2D eigenvalue weighted by atomic mass is 16.6. The Bertz CT molecular complexity index is 646. The summed E-state index contributed by atoms with van der Waals surface area (Å²) in [5.41, 5.74) is 1.74. The molecule has 0 radical (unpaired) electrons. The average Bonchev–Trinajstić information content (AvgIpc) is 2.59. The van der Waals surface area contributed by atoms with E-state index in [1.165, 1.54) is 0 Å². The van der Waals surface area contributed by atoms with E-state index in [0.29, 0.717) is 19.0 Å². The lowest BCUT2D eigenvalue weighted by Crippen LogP contribution is -2.50. The van der Waals surface area contributed by atoms with E-state index in [1.807, 2.05) is 20.8 Å². The second-order valence-corrected chi connectivity index (χ2v) is 8.42. The first-order chi connectivity index (χ1) is 12.2. The topological polar surface area (TPSA) is 54.0 Å². The second kappa shape index (κ2) is 7.25. The molecule has 2 aliphatic heterocycles. The molecule has 1 N–H and O–H groups in total. The summed E-state index contributed by atoms with van der Waals surface area (Å²) in [6.45, 7) is 13.8. The minimum absolute atomic E-state index is 0.196. The normalized spacial score (nSPS) is 20.3. The van der Waals surface area contributed by atoms with Crippen LogP contribution in [0.4, 0.5) is 16.2 Å². The minimum atomic E-state index is -0.454. The molecule has 0 bridgehead atoms. The van der Waals surface area contributed by atoms with Gasteiger partial charge in [-0.15, -0.1) is 0 Å². The molecule has 6 nitrogen and oxygen atoms in total. The number of rotatable bonds is 2. The van der Waals surface area contributed by atoms with Crippen LogP contribution >= 0.6 is 0 Å². The third-order valence-corrected chi connectivity index (χ3v) is 4.78. The summed E-state index contributed by atoms with van der Waals surface area (Å²) in [5.74, 6) is 1.39. The third kappa shape index (κ3) is 4.34. The van der Waals surface area contributed by atoms with E-state index in [1.54, 1.807) is 4.90 Å². The van der Waals surface area contributed by atoms with E-state index < -0.39 is 5.60 Å². The molecule has 1 atom stereocenters. The van der Waals surface area contributed by atoms with Crippen LogP contribution in [0.2, 0.25) is 0 Å². The second-order valence-electron chi connectivity index (χ2n) is 8.42. The molecule has 2 aliphatic rings. The maximum Gasteiger partial charge on any atom is 0.410 e. The van der Waals surface area contributed by atoms with Crippen molar-refractivity contribution < 1.29 is 14.3 Å². The molecule has 144 valence electrons. The van der Waals surface area contributed by atoms with Gasteiger partial charge in [-0.3, -0.25) is 0 Å². The zero-order valence-electron chi connectivity index (χ0n) is 16.5. The lowest BCUT2D eigenvalue weighted by molar-refractivity contribution is 0.0240. The molecule has 1 aromatic rings. The standard InChI is InChI=1S/C20H31N3O3/c1-14(2)18-13-21-16-7-6-15(12-17(16)25-18)22-8-10-23(11-9-22)19(24)26-20(3,4)5/h6-7,12,14,18,21H,8-11,13H2,1-5H3. The molecule has 1 aromatic carbocycles. The Labute approximate surface area is 156 Å². The van der Waals surface area contributed by atoms with E-state index in [4.69, 9.17) is 9.47 Å². The number of carbonyl (C=O) groups excluding carboxylic acids is 1. The Morgan fingerprint density at radius 1 is 1.23 bits per heavy atom. The Morgan fingerprint density at radius 3 is 2.54 bits per heavy atom. The summed E-state index contributed by atoms with van der Waals surface area (Å²) in [4.78, 5) is 16.3. The van der Waals surface area contributed by atoms with Crippen LogP contribution in [0, 0.1) is 5.92 Å². The molecule has 1 saturated heterocycles. The summed E-state index contributed by atoms with van der Waals surface area (Å²) in [6, 6.07) is 6.31. The Hall–Kier alpha value is -2.11. The SMILES string of the molecule is CC(C)C1CNc2ccc(N3CCN(C(=O)OC(C)(C)C)CC3)cc2O1. The molecule has 3 rings (SSSR count). The number of carbonyl (C=O) groups is 1. The summed E-state index contributed by atoms with van der Waals surface area (Å²) in [7, 11) is 0. The molecule has 26 heavy (non-hydrogen) atoms. The number of nitrogens with zero attached hydrogens (tertiary/aromatic N) is 2. The van der Waals surface area contributed by atoms with Crippen molar-refractivity contribution >= 4 is 17.5 Å². The van der Waals surface area contributed by atoms with Crippen LogP contribution in [-0.4, -0.2) is 55.4 Å². The molecule has 6 heteroatoms. The number of piperazine rings is 1. The van der Waals surface area contributed by atoms with Crippen molar-refractivity contribution in [1.82, 2.24) is 4.90 Å². The van der Waals surface area contributed by atoms with E-state index in [2.05, 4.69) is 42.3 Å². The Balaban J connectivity index is 1.62. The molecule has 0 aromatic heterocycles. The number of anilines is 2. The largest absolute Gasteiger partial charge is 0.486 e. The number of hydrogen-bond donors (Lipinski definition) is 1. The lowest BCUT2D eigenvalue weighted by atomic mass is 10.1. The van der Waals surface area contributed by atoms with Gasteiger partial charge in [0.05, 0.1) is 12.2 Å². The van der Waals surface area contributed by atoms with Crippen LogP contribution in [0.25, 0.3) is 0 Å². The molecular weight excluding hydrogens is 330 g/mol. The Kier molecular flexibility index (Phi) is 5.21. The van der Waals surface area contributed by atoms with Crippen molar-refractivity contribution in [2.24, 2.45) is 5.92 Å². The quantitative estimate of drug-likeness (QED) is 0.873. The molecule has 1 amide bonds. The summed E-state index contributed by atoms with van der Waals surface area (Å²) < 4.78 is 11.6. The van der Waals surface area contributed by atoms with E-state index in [0.717, 1.165) is 36.8 Å². The number of amides is 1. The zero-order chi connectivity index (χ0) is 18.9. The first kappa shape index (κ1) is 18.7. The van der Waals surface area contributed by atoms with Gasteiger partial charge in [0, 0.05) is 37.9 Å². The molecule has 0 aliphatic carbocycles. The maximum atomic E-state index is 12.2. The van der Waals surface area contributed by atoms with Crippen LogP contribution in [0.5, 0.6) is 5.75 Å². The maximum absolute atomic E-state index is 12.2. The van der Waals surface area contributed by atoms with Crippen molar-refractivity contribution in [2.75, 3.05) is 42.9 Å². The van der Waals surface area contributed by atoms with Crippen molar-refractivity contribution in [3.05, 3.63) is 18.2 Å². The molecule has 0 spiro atoms. The fraction of sp³-hybridized carbons (Fsp3) is 0.650. The molecular formula is C20H31N3O3. The predicted molar refractivity (Wildman–Crippen MR) is 104 cm³/mol. The van der Waals surface area contributed by atoms with E-state index in [-0.39, 0.29) is 12.2 Å². The average molecular weight is 361 g/mol. The number of hydrogen-bond acceptors (Lipinski definition) is 5. The van der Waals surface area contributed by atoms with Crippen LogP contribution in [0.3, 0.4) is 0 Å².